The van der Waals surface area contributed by atoms with E-state index in [0.717, 1.165) is 22.7 Å². The Hall–Kier alpha value is -2.93. The molecule has 1 N–H and O–H groups in total. The van der Waals surface area contributed by atoms with Gasteiger partial charge in [0.1, 0.15) is 11.5 Å². The fraction of sp³-hybridized carbons (Fsp3) is 0.217. The van der Waals surface area contributed by atoms with Crippen LogP contribution in [-0.4, -0.2) is 14.8 Å². The van der Waals surface area contributed by atoms with Gasteiger partial charge in [-0.1, -0.05) is 32.0 Å². The van der Waals surface area contributed by atoms with Crippen molar-refractivity contribution in [2.75, 3.05) is 4.72 Å². The second-order valence-corrected chi connectivity index (χ2v) is 8.37. The molecule has 0 fully saturated rings. The molecule has 0 amide bonds. The average molecular weight is 425 g/mol. The standard InChI is InChI=1S/C23H22F2N4S/c1-15(2)16-9-11-17(12-10-16)30-28-22-14-21(23(3,24)25)27-29(22)20-8-4-7-19-18(20)6-5-13-26-19/h4-15,28H,1-3H3. The molecule has 4 rings (SSSR count). The Labute approximate surface area is 178 Å². The van der Waals surface area contributed by atoms with E-state index in [1.807, 2.05) is 42.5 Å². The summed E-state index contributed by atoms with van der Waals surface area (Å²) in [4.78, 5) is 5.34. The molecule has 0 aliphatic heterocycles. The first-order valence-corrected chi connectivity index (χ1v) is 10.5. The Balaban J connectivity index is 1.71. The highest BCUT2D eigenvalue weighted by Gasteiger charge is 2.29. The zero-order valence-corrected chi connectivity index (χ0v) is 17.8. The number of aromatic nitrogens is 3. The molecule has 2 heterocycles. The number of nitrogens with zero attached hydrogens (tertiary/aromatic N) is 3. The number of hydrogen-bond acceptors (Lipinski definition) is 4. The number of pyridine rings is 1. The van der Waals surface area contributed by atoms with Crippen LogP contribution >= 0.6 is 11.9 Å². The molecular formula is C23H22F2N4S. The maximum Gasteiger partial charge on any atom is 0.288 e. The molecule has 0 atom stereocenters. The van der Waals surface area contributed by atoms with Crippen LogP contribution in [0, 0.1) is 0 Å². The molecule has 0 unspecified atom stereocenters. The summed E-state index contributed by atoms with van der Waals surface area (Å²) in [6.45, 7) is 5.14. The van der Waals surface area contributed by atoms with Gasteiger partial charge in [-0.15, -0.1) is 0 Å². The number of nitrogens with one attached hydrogen (secondary N) is 1. The minimum absolute atomic E-state index is 0.290. The molecule has 4 nitrogen and oxygen atoms in total. The molecule has 0 aliphatic carbocycles. The molecule has 154 valence electrons. The number of hydrogen-bond donors (Lipinski definition) is 1. The number of anilines is 1. The van der Waals surface area contributed by atoms with Crippen molar-refractivity contribution in [2.24, 2.45) is 0 Å². The Morgan fingerprint density at radius 3 is 2.50 bits per heavy atom. The number of benzene rings is 2. The van der Waals surface area contributed by atoms with E-state index in [9.17, 15) is 8.78 Å². The maximum atomic E-state index is 14.0. The Bertz CT molecular complexity index is 1160. The molecular weight excluding hydrogens is 402 g/mol. The molecule has 4 aromatic rings. The smallest absolute Gasteiger partial charge is 0.288 e. The lowest BCUT2D eigenvalue weighted by molar-refractivity contribution is 0.0124. The van der Waals surface area contributed by atoms with Crippen LogP contribution in [0.3, 0.4) is 0 Å². The van der Waals surface area contributed by atoms with Crippen LogP contribution < -0.4 is 4.72 Å². The van der Waals surface area contributed by atoms with Crippen molar-refractivity contribution in [3.05, 3.63) is 78.1 Å². The summed E-state index contributed by atoms with van der Waals surface area (Å²) in [5.41, 5.74) is 2.43. The van der Waals surface area contributed by atoms with Crippen molar-refractivity contribution < 1.29 is 8.78 Å². The topological polar surface area (TPSA) is 42.7 Å². The quantitative estimate of drug-likeness (QED) is 0.347. The highest BCUT2D eigenvalue weighted by atomic mass is 32.2. The van der Waals surface area contributed by atoms with E-state index in [1.54, 1.807) is 6.20 Å². The predicted octanol–water partition coefficient (Wildman–Crippen LogP) is 6.77. The summed E-state index contributed by atoms with van der Waals surface area (Å²) < 4.78 is 32.8. The molecule has 2 aromatic carbocycles. The average Bonchev–Trinajstić information content (AvgIpc) is 3.17. The summed E-state index contributed by atoms with van der Waals surface area (Å²) in [5.74, 6) is -2.12. The van der Waals surface area contributed by atoms with Gasteiger partial charge in [0.25, 0.3) is 5.92 Å². The molecule has 0 saturated heterocycles. The number of rotatable bonds is 6. The fourth-order valence-electron chi connectivity index (χ4n) is 3.16. The van der Waals surface area contributed by atoms with E-state index in [0.29, 0.717) is 17.4 Å². The van der Waals surface area contributed by atoms with Gasteiger partial charge >= 0.3 is 0 Å². The van der Waals surface area contributed by atoms with Crippen molar-refractivity contribution in [1.82, 2.24) is 14.8 Å². The van der Waals surface area contributed by atoms with Crippen LogP contribution in [0.25, 0.3) is 16.6 Å². The summed E-state index contributed by atoms with van der Waals surface area (Å²) in [6, 6.07) is 18.9. The van der Waals surface area contributed by atoms with Crippen LogP contribution in [0.1, 0.15) is 37.9 Å². The van der Waals surface area contributed by atoms with Crippen LogP contribution in [0.2, 0.25) is 0 Å². The lowest BCUT2D eigenvalue weighted by Gasteiger charge is -2.12. The zero-order chi connectivity index (χ0) is 21.3. The lowest BCUT2D eigenvalue weighted by Crippen LogP contribution is -2.09. The van der Waals surface area contributed by atoms with Gasteiger partial charge in [0, 0.05) is 29.5 Å². The predicted molar refractivity (Wildman–Crippen MR) is 118 cm³/mol. The maximum absolute atomic E-state index is 14.0. The van der Waals surface area contributed by atoms with Crippen LogP contribution in [-0.2, 0) is 5.92 Å². The van der Waals surface area contributed by atoms with Gasteiger partial charge in [0.15, 0.2) is 0 Å². The first kappa shape index (κ1) is 20.3. The lowest BCUT2D eigenvalue weighted by atomic mass is 10.0. The summed E-state index contributed by atoms with van der Waals surface area (Å²) in [7, 11) is 0. The molecule has 7 heteroatoms. The largest absolute Gasteiger partial charge is 0.310 e. The van der Waals surface area contributed by atoms with Crippen LogP contribution in [0.4, 0.5) is 14.6 Å². The third-order valence-corrected chi connectivity index (χ3v) is 5.65. The summed E-state index contributed by atoms with van der Waals surface area (Å²) >= 11 is 1.36. The molecule has 30 heavy (non-hydrogen) atoms. The van der Waals surface area contributed by atoms with E-state index < -0.39 is 5.92 Å². The van der Waals surface area contributed by atoms with Gasteiger partial charge in [0.05, 0.1) is 11.2 Å². The first-order chi connectivity index (χ1) is 14.3. The van der Waals surface area contributed by atoms with Crippen molar-refractivity contribution >= 4 is 28.7 Å². The minimum Gasteiger partial charge on any atom is -0.310 e. The van der Waals surface area contributed by atoms with Crippen LogP contribution in [0.5, 0.6) is 0 Å². The van der Waals surface area contributed by atoms with Crippen molar-refractivity contribution in [2.45, 2.75) is 37.5 Å². The van der Waals surface area contributed by atoms with E-state index in [1.165, 1.54) is 28.3 Å². The third kappa shape index (κ3) is 4.16. The summed E-state index contributed by atoms with van der Waals surface area (Å²) in [5, 5.41) is 5.05. The summed E-state index contributed by atoms with van der Waals surface area (Å²) in [6.07, 6.45) is 1.71. The second-order valence-electron chi connectivity index (χ2n) is 7.49. The van der Waals surface area contributed by atoms with Gasteiger partial charge in [-0.3, -0.25) is 4.98 Å². The number of fused-ring (bicyclic) bond motifs is 1. The van der Waals surface area contributed by atoms with Gasteiger partial charge in [-0.2, -0.15) is 13.9 Å². The number of halogens is 2. The zero-order valence-electron chi connectivity index (χ0n) is 16.9. The van der Waals surface area contributed by atoms with Gasteiger partial charge in [-0.25, -0.2) is 4.68 Å². The van der Waals surface area contributed by atoms with Gasteiger partial charge in [-0.05, 0) is 59.8 Å². The van der Waals surface area contributed by atoms with E-state index in [-0.39, 0.29) is 5.69 Å². The van der Waals surface area contributed by atoms with Crippen molar-refractivity contribution in [3.63, 3.8) is 0 Å². The normalized spacial score (nSPS) is 11.9. The van der Waals surface area contributed by atoms with Gasteiger partial charge in [0.2, 0.25) is 0 Å². The minimum atomic E-state index is -3.05. The van der Waals surface area contributed by atoms with Crippen LogP contribution in [0.15, 0.2) is 71.8 Å². The Kier molecular flexibility index (Phi) is 5.47. The SMILES string of the molecule is CC(C)c1ccc(SNc2cc(C(C)(F)F)nn2-c2cccc3ncccc23)cc1. The van der Waals surface area contributed by atoms with E-state index in [4.69, 9.17) is 0 Å². The molecule has 0 bridgehead atoms. The number of alkyl halides is 2. The highest BCUT2D eigenvalue weighted by Crippen LogP contribution is 2.33. The Morgan fingerprint density at radius 2 is 1.80 bits per heavy atom. The molecule has 0 saturated carbocycles. The van der Waals surface area contributed by atoms with Gasteiger partial charge < -0.3 is 4.72 Å². The second kappa shape index (κ2) is 8.07. The third-order valence-electron chi connectivity index (χ3n) is 4.83. The monoisotopic (exact) mass is 424 g/mol. The Morgan fingerprint density at radius 1 is 1.03 bits per heavy atom. The molecule has 0 aliphatic rings. The fourth-order valence-corrected chi connectivity index (χ4v) is 3.80. The van der Waals surface area contributed by atoms with E-state index in [2.05, 4.69) is 40.8 Å². The molecule has 0 spiro atoms. The highest BCUT2D eigenvalue weighted by molar-refractivity contribution is 8.00. The first-order valence-electron chi connectivity index (χ1n) is 9.68. The molecule has 2 aromatic heterocycles. The molecule has 0 radical (unpaired) electrons. The van der Waals surface area contributed by atoms with Crippen molar-refractivity contribution in [1.29, 1.82) is 0 Å². The van der Waals surface area contributed by atoms with E-state index >= 15 is 0 Å². The van der Waals surface area contributed by atoms with Crippen molar-refractivity contribution in [3.8, 4) is 5.69 Å².